The first-order valence-corrected chi connectivity index (χ1v) is 5.58. The standard InChI is InChI=1S/C11H7BrF3NO3/c12-7-2-1-6(11(13,14)15)5-8(7)16-9(17)3-4-10(18)19/h1-5H,(H,16,17)(H,18,19)/b4-3+. The number of carbonyl (C=O) groups is 2. The summed E-state index contributed by atoms with van der Waals surface area (Å²) >= 11 is 2.98. The number of hydrogen-bond acceptors (Lipinski definition) is 2. The van der Waals surface area contributed by atoms with E-state index in [-0.39, 0.29) is 10.2 Å². The van der Waals surface area contributed by atoms with Gasteiger partial charge in [0.25, 0.3) is 0 Å². The second kappa shape index (κ2) is 5.87. The first kappa shape index (κ1) is 15.2. The number of nitrogens with one attached hydrogen (secondary N) is 1. The first-order chi connectivity index (χ1) is 8.70. The molecule has 2 N–H and O–H groups in total. The van der Waals surface area contributed by atoms with Crippen LogP contribution in [0.4, 0.5) is 18.9 Å². The van der Waals surface area contributed by atoms with E-state index in [2.05, 4.69) is 21.2 Å². The highest BCUT2D eigenvalue weighted by Gasteiger charge is 2.31. The molecule has 0 saturated heterocycles. The van der Waals surface area contributed by atoms with Crippen LogP contribution in [0, 0.1) is 0 Å². The summed E-state index contributed by atoms with van der Waals surface area (Å²) in [5, 5.41) is 10.5. The minimum Gasteiger partial charge on any atom is -0.478 e. The van der Waals surface area contributed by atoms with Crippen molar-refractivity contribution in [2.24, 2.45) is 0 Å². The zero-order valence-electron chi connectivity index (χ0n) is 9.16. The normalized spacial score (nSPS) is 11.6. The number of halogens is 4. The maximum Gasteiger partial charge on any atom is 0.416 e. The van der Waals surface area contributed by atoms with Crippen molar-refractivity contribution >= 4 is 33.5 Å². The number of rotatable bonds is 3. The van der Waals surface area contributed by atoms with Gasteiger partial charge in [0.1, 0.15) is 0 Å². The van der Waals surface area contributed by atoms with Gasteiger partial charge in [-0.25, -0.2) is 4.79 Å². The molecule has 1 aromatic rings. The van der Waals surface area contributed by atoms with Crippen molar-refractivity contribution in [2.75, 3.05) is 5.32 Å². The van der Waals surface area contributed by atoms with Crippen LogP contribution in [-0.4, -0.2) is 17.0 Å². The number of carboxylic acids is 1. The van der Waals surface area contributed by atoms with Gasteiger partial charge in [-0.15, -0.1) is 0 Å². The molecular weight excluding hydrogens is 331 g/mol. The smallest absolute Gasteiger partial charge is 0.416 e. The molecule has 0 saturated carbocycles. The third-order valence-electron chi connectivity index (χ3n) is 1.93. The van der Waals surface area contributed by atoms with Gasteiger partial charge in [0.2, 0.25) is 5.91 Å². The Bertz CT molecular complexity index is 540. The van der Waals surface area contributed by atoms with Gasteiger partial charge >= 0.3 is 12.1 Å². The molecule has 8 heteroatoms. The monoisotopic (exact) mass is 337 g/mol. The van der Waals surface area contributed by atoms with Crippen LogP contribution in [0.3, 0.4) is 0 Å². The zero-order valence-corrected chi connectivity index (χ0v) is 10.7. The van der Waals surface area contributed by atoms with Crippen molar-refractivity contribution < 1.29 is 27.9 Å². The Morgan fingerprint density at radius 3 is 2.42 bits per heavy atom. The van der Waals surface area contributed by atoms with E-state index < -0.39 is 23.6 Å². The summed E-state index contributed by atoms with van der Waals surface area (Å²) in [6.45, 7) is 0. The maximum atomic E-state index is 12.5. The average molecular weight is 338 g/mol. The van der Waals surface area contributed by atoms with Crippen LogP contribution >= 0.6 is 15.9 Å². The van der Waals surface area contributed by atoms with E-state index in [0.717, 1.165) is 18.2 Å². The molecule has 0 bridgehead atoms. The number of carboxylic acid groups (broad SMARTS) is 1. The van der Waals surface area contributed by atoms with E-state index in [1.54, 1.807) is 0 Å². The second-order valence-corrected chi connectivity index (χ2v) is 4.21. The lowest BCUT2D eigenvalue weighted by Crippen LogP contribution is -2.11. The van der Waals surface area contributed by atoms with E-state index in [0.29, 0.717) is 12.2 Å². The molecule has 102 valence electrons. The van der Waals surface area contributed by atoms with Gasteiger partial charge < -0.3 is 10.4 Å². The van der Waals surface area contributed by atoms with Crippen molar-refractivity contribution in [3.05, 3.63) is 40.4 Å². The minimum atomic E-state index is -4.53. The SMILES string of the molecule is O=C(O)/C=C/C(=O)Nc1cc(C(F)(F)F)ccc1Br. The van der Waals surface area contributed by atoms with Gasteiger partial charge in [0.05, 0.1) is 11.3 Å². The summed E-state index contributed by atoms with van der Waals surface area (Å²) in [6.07, 6.45) is -3.25. The lowest BCUT2D eigenvalue weighted by atomic mass is 10.2. The number of benzene rings is 1. The van der Waals surface area contributed by atoms with Crippen molar-refractivity contribution in [2.45, 2.75) is 6.18 Å². The first-order valence-electron chi connectivity index (χ1n) is 4.79. The summed E-state index contributed by atoms with van der Waals surface area (Å²) in [7, 11) is 0. The number of carbonyl (C=O) groups excluding carboxylic acids is 1. The molecule has 0 atom stereocenters. The van der Waals surface area contributed by atoms with Gasteiger partial charge in [-0.3, -0.25) is 4.79 Å². The minimum absolute atomic E-state index is 0.102. The zero-order chi connectivity index (χ0) is 14.6. The van der Waals surface area contributed by atoms with Crippen LogP contribution in [0.5, 0.6) is 0 Å². The fourth-order valence-electron chi connectivity index (χ4n) is 1.12. The van der Waals surface area contributed by atoms with Crippen molar-refractivity contribution in [3.8, 4) is 0 Å². The molecule has 0 aliphatic heterocycles. The fourth-order valence-corrected chi connectivity index (χ4v) is 1.46. The van der Waals surface area contributed by atoms with Gasteiger partial charge in [-0.1, -0.05) is 0 Å². The largest absolute Gasteiger partial charge is 0.478 e. The van der Waals surface area contributed by atoms with Crippen molar-refractivity contribution in [1.29, 1.82) is 0 Å². The van der Waals surface area contributed by atoms with Gasteiger partial charge in [-0.05, 0) is 34.1 Å². The third kappa shape index (κ3) is 4.74. The van der Waals surface area contributed by atoms with E-state index >= 15 is 0 Å². The van der Waals surface area contributed by atoms with Crippen LogP contribution in [-0.2, 0) is 15.8 Å². The Balaban J connectivity index is 2.95. The Morgan fingerprint density at radius 1 is 1.26 bits per heavy atom. The Hall–Kier alpha value is -1.83. The van der Waals surface area contributed by atoms with E-state index in [1.165, 1.54) is 0 Å². The molecule has 19 heavy (non-hydrogen) atoms. The molecule has 0 aliphatic carbocycles. The molecule has 0 unspecified atom stereocenters. The number of aliphatic carboxylic acids is 1. The summed E-state index contributed by atoms with van der Waals surface area (Å²) in [4.78, 5) is 21.5. The van der Waals surface area contributed by atoms with Gasteiger partial charge in [0.15, 0.2) is 0 Å². The van der Waals surface area contributed by atoms with Gasteiger partial charge in [-0.2, -0.15) is 13.2 Å². The molecule has 1 aromatic carbocycles. The number of alkyl halides is 3. The predicted molar refractivity (Wildman–Crippen MR) is 64.5 cm³/mol. The molecule has 0 spiro atoms. The molecule has 0 aliphatic rings. The highest BCUT2D eigenvalue weighted by Crippen LogP contribution is 2.33. The Kier molecular flexibility index (Phi) is 4.71. The molecule has 1 amide bonds. The summed E-state index contributed by atoms with van der Waals surface area (Å²) in [6, 6.07) is 2.74. The van der Waals surface area contributed by atoms with Crippen LogP contribution in [0.2, 0.25) is 0 Å². The highest BCUT2D eigenvalue weighted by molar-refractivity contribution is 9.10. The molecule has 4 nitrogen and oxygen atoms in total. The summed E-state index contributed by atoms with van der Waals surface area (Å²) in [5.74, 6) is -2.18. The van der Waals surface area contributed by atoms with Crippen molar-refractivity contribution in [3.63, 3.8) is 0 Å². The number of amides is 1. The van der Waals surface area contributed by atoms with Crippen LogP contribution in [0.15, 0.2) is 34.8 Å². The van der Waals surface area contributed by atoms with E-state index in [9.17, 15) is 22.8 Å². The second-order valence-electron chi connectivity index (χ2n) is 3.35. The average Bonchev–Trinajstić information content (AvgIpc) is 2.28. The molecule has 0 aromatic heterocycles. The number of hydrogen-bond donors (Lipinski definition) is 2. The Morgan fingerprint density at radius 2 is 1.89 bits per heavy atom. The quantitative estimate of drug-likeness (QED) is 0.833. The van der Waals surface area contributed by atoms with Crippen LogP contribution in [0.1, 0.15) is 5.56 Å². The molecule has 0 fully saturated rings. The summed E-state index contributed by atoms with van der Waals surface area (Å²) < 4.78 is 37.7. The highest BCUT2D eigenvalue weighted by atomic mass is 79.9. The van der Waals surface area contributed by atoms with E-state index in [1.807, 2.05) is 0 Å². The van der Waals surface area contributed by atoms with E-state index in [4.69, 9.17) is 5.11 Å². The number of anilines is 1. The molecule has 1 rings (SSSR count). The van der Waals surface area contributed by atoms with Crippen molar-refractivity contribution in [1.82, 2.24) is 0 Å². The fraction of sp³-hybridized carbons (Fsp3) is 0.0909. The predicted octanol–water partition coefficient (Wildman–Crippen LogP) is 3.05. The molecular formula is C11H7BrF3NO3. The lowest BCUT2D eigenvalue weighted by molar-refractivity contribution is -0.137. The van der Waals surface area contributed by atoms with Crippen LogP contribution in [0.25, 0.3) is 0 Å². The topological polar surface area (TPSA) is 66.4 Å². The lowest BCUT2D eigenvalue weighted by Gasteiger charge is -2.10. The van der Waals surface area contributed by atoms with Crippen LogP contribution < -0.4 is 5.32 Å². The molecule has 0 heterocycles. The molecule has 0 radical (unpaired) electrons. The summed E-state index contributed by atoms with van der Waals surface area (Å²) in [5.41, 5.74) is -1.02. The Labute approximate surface area is 114 Å². The third-order valence-corrected chi connectivity index (χ3v) is 2.62. The van der Waals surface area contributed by atoms with Gasteiger partial charge in [0, 0.05) is 16.6 Å². The maximum absolute atomic E-state index is 12.5.